The average Bonchev–Trinajstić information content (AvgIpc) is 3.10. The van der Waals surface area contributed by atoms with Crippen LogP contribution in [-0.2, 0) is 6.54 Å². The fourth-order valence-electron chi connectivity index (χ4n) is 3.47. The Hall–Kier alpha value is -1.12. The largest absolute Gasteiger partial charge is 0.337 e. The quantitative estimate of drug-likeness (QED) is 0.799. The van der Waals surface area contributed by atoms with Crippen LogP contribution in [0.2, 0.25) is 0 Å². The summed E-state index contributed by atoms with van der Waals surface area (Å²) in [6.07, 6.45) is 6.25. The summed E-state index contributed by atoms with van der Waals surface area (Å²) >= 11 is 1.86. The normalized spacial score (nSPS) is 22.7. The van der Waals surface area contributed by atoms with Gasteiger partial charge in [-0.05, 0) is 30.8 Å². The second-order valence-corrected chi connectivity index (χ2v) is 7.58. The summed E-state index contributed by atoms with van der Waals surface area (Å²) in [6, 6.07) is 0. The number of hydrogen-bond donors (Lipinski definition) is 1. The molecule has 2 saturated heterocycles. The van der Waals surface area contributed by atoms with Crippen molar-refractivity contribution in [1.29, 1.82) is 0 Å². The van der Waals surface area contributed by atoms with E-state index in [1.54, 1.807) is 4.68 Å². The third-order valence-electron chi connectivity index (χ3n) is 4.82. The Bertz CT molecular complexity index is 528. The van der Waals surface area contributed by atoms with Crippen molar-refractivity contribution < 1.29 is 4.79 Å². The first kappa shape index (κ1) is 17.7. The molecule has 0 aliphatic carbocycles. The van der Waals surface area contributed by atoms with Gasteiger partial charge in [0.2, 0.25) is 0 Å². The molecule has 8 heteroatoms. The lowest BCUT2D eigenvalue weighted by Gasteiger charge is -2.31. The molecule has 2 aliphatic heterocycles. The van der Waals surface area contributed by atoms with E-state index in [0.717, 1.165) is 64.5 Å². The van der Waals surface area contributed by atoms with Crippen LogP contribution in [0, 0.1) is 5.92 Å². The van der Waals surface area contributed by atoms with Gasteiger partial charge in [0.25, 0.3) is 5.91 Å². The molecule has 0 radical (unpaired) electrons. The SMILES string of the molecule is CSCC1CCCN(C(=O)c2cn(CCN3CCNCC3)nn2)C1. The molecule has 134 valence electrons. The minimum atomic E-state index is 0.0363. The van der Waals surface area contributed by atoms with Crippen molar-refractivity contribution in [2.45, 2.75) is 19.4 Å². The van der Waals surface area contributed by atoms with Gasteiger partial charge in [0.1, 0.15) is 0 Å². The first-order valence-electron chi connectivity index (χ1n) is 8.87. The zero-order valence-corrected chi connectivity index (χ0v) is 15.3. The molecule has 3 heterocycles. The first-order chi connectivity index (χ1) is 11.8. The van der Waals surface area contributed by atoms with Crippen molar-refractivity contribution >= 4 is 17.7 Å². The highest BCUT2D eigenvalue weighted by atomic mass is 32.2. The van der Waals surface area contributed by atoms with Crippen molar-refractivity contribution in [3.05, 3.63) is 11.9 Å². The van der Waals surface area contributed by atoms with Gasteiger partial charge >= 0.3 is 0 Å². The van der Waals surface area contributed by atoms with Crippen LogP contribution in [0.25, 0.3) is 0 Å². The van der Waals surface area contributed by atoms with E-state index in [9.17, 15) is 4.79 Å². The fourth-order valence-corrected chi connectivity index (χ4v) is 4.21. The van der Waals surface area contributed by atoms with E-state index in [2.05, 4.69) is 26.8 Å². The first-order valence-corrected chi connectivity index (χ1v) is 10.3. The predicted molar refractivity (Wildman–Crippen MR) is 96.3 cm³/mol. The zero-order valence-electron chi connectivity index (χ0n) is 14.5. The van der Waals surface area contributed by atoms with Gasteiger partial charge in [-0.1, -0.05) is 5.21 Å². The Labute approximate surface area is 148 Å². The number of nitrogens with zero attached hydrogens (tertiary/aromatic N) is 5. The van der Waals surface area contributed by atoms with Crippen LogP contribution in [0.1, 0.15) is 23.3 Å². The summed E-state index contributed by atoms with van der Waals surface area (Å²) in [7, 11) is 0. The number of carbonyl (C=O) groups is 1. The zero-order chi connectivity index (χ0) is 16.8. The fraction of sp³-hybridized carbons (Fsp3) is 0.812. The minimum absolute atomic E-state index is 0.0363. The van der Waals surface area contributed by atoms with E-state index in [-0.39, 0.29) is 5.91 Å². The molecule has 1 aromatic heterocycles. The average molecular weight is 353 g/mol. The predicted octanol–water partition coefficient (Wildman–Crippen LogP) is 0.399. The Morgan fingerprint density at radius 2 is 2.17 bits per heavy atom. The molecule has 7 nitrogen and oxygen atoms in total. The third kappa shape index (κ3) is 4.70. The number of amides is 1. The molecule has 1 atom stereocenters. The highest BCUT2D eigenvalue weighted by Gasteiger charge is 2.25. The number of likely N-dealkylation sites (tertiary alicyclic amines) is 1. The van der Waals surface area contributed by atoms with Crippen LogP contribution >= 0.6 is 11.8 Å². The lowest BCUT2D eigenvalue weighted by atomic mass is 10.00. The molecule has 0 saturated carbocycles. The van der Waals surface area contributed by atoms with Crippen molar-refractivity contribution in [2.75, 3.05) is 57.8 Å². The number of piperazine rings is 1. The van der Waals surface area contributed by atoms with Crippen LogP contribution in [0.5, 0.6) is 0 Å². The van der Waals surface area contributed by atoms with Crippen LogP contribution in [-0.4, -0.2) is 88.5 Å². The summed E-state index contributed by atoms with van der Waals surface area (Å²) in [5.74, 6) is 1.77. The van der Waals surface area contributed by atoms with Crippen LogP contribution in [0.4, 0.5) is 0 Å². The van der Waals surface area contributed by atoms with Crippen molar-refractivity contribution in [2.24, 2.45) is 5.92 Å². The number of nitrogens with one attached hydrogen (secondary N) is 1. The number of piperidine rings is 1. The van der Waals surface area contributed by atoms with E-state index in [4.69, 9.17) is 0 Å². The van der Waals surface area contributed by atoms with Crippen molar-refractivity contribution in [3.63, 3.8) is 0 Å². The molecule has 3 rings (SSSR count). The van der Waals surface area contributed by atoms with Crippen LogP contribution in [0.3, 0.4) is 0 Å². The maximum absolute atomic E-state index is 12.7. The highest BCUT2D eigenvalue weighted by Crippen LogP contribution is 2.20. The molecule has 0 aromatic carbocycles. The molecule has 2 aliphatic rings. The standard InChI is InChI=1S/C16H28N6OS/c1-24-13-14-3-2-6-21(11-14)16(23)15-12-22(19-18-15)10-9-20-7-4-17-5-8-20/h12,14,17H,2-11,13H2,1H3. The van der Waals surface area contributed by atoms with Gasteiger partial charge in [-0.3, -0.25) is 14.4 Å². The maximum atomic E-state index is 12.7. The second-order valence-electron chi connectivity index (χ2n) is 6.67. The topological polar surface area (TPSA) is 66.3 Å². The van der Waals surface area contributed by atoms with Gasteiger partial charge in [0.15, 0.2) is 5.69 Å². The molecule has 1 N–H and O–H groups in total. The van der Waals surface area contributed by atoms with Crippen molar-refractivity contribution in [1.82, 2.24) is 30.1 Å². The van der Waals surface area contributed by atoms with E-state index < -0.39 is 0 Å². The van der Waals surface area contributed by atoms with Gasteiger partial charge in [-0.15, -0.1) is 5.10 Å². The van der Waals surface area contributed by atoms with Gasteiger partial charge in [0, 0.05) is 45.8 Å². The Balaban J connectivity index is 1.51. The highest BCUT2D eigenvalue weighted by molar-refractivity contribution is 7.98. The summed E-state index contributed by atoms with van der Waals surface area (Å²) in [4.78, 5) is 17.0. The molecule has 0 bridgehead atoms. The second kappa shape index (κ2) is 8.82. The van der Waals surface area contributed by atoms with Crippen LogP contribution in [0.15, 0.2) is 6.20 Å². The summed E-state index contributed by atoms with van der Waals surface area (Å²) in [6.45, 7) is 7.69. The summed E-state index contributed by atoms with van der Waals surface area (Å²) < 4.78 is 1.80. The number of thioether (sulfide) groups is 1. The molecule has 1 aromatic rings. The van der Waals surface area contributed by atoms with E-state index >= 15 is 0 Å². The van der Waals surface area contributed by atoms with Crippen molar-refractivity contribution in [3.8, 4) is 0 Å². The van der Waals surface area contributed by atoms with Gasteiger partial charge in [0.05, 0.1) is 12.7 Å². The molecule has 2 fully saturated rings. The number of carbonyl (C=O) groups excluding carboxylic acids is 1. The Kier molecular flexibility index (Phi) is 6.51. The molecule has 1 unspecified atom stereocenters. The van der Waals surface area contributed by atoms with E-state index in [1.165, 1.54) is 6.42 Å². The van der Waals surface area contributed by atoms with E-state index in [1.807, 2.05) is 22.9 Å². The van der Waals surface area contributed by atoms with E-state index in [0.29, 0.717) is 11.6 Å². The monoisotopic (exact) mass is 352 g/mol. The third-order valence-corrected chi connectivity index (χ3v) is 5.63. The number of aromatic nitrogens is 3. The molecular weight excluding hydrogens is 324 g/mol. The molecule has 1 amide bonds. The number of rotatable bonds is 6. The summed E-state index contributed by atoms with van der Waals surface area (Å²) in [5, 5.41) is 11.6. The smallest absolute Gasteiger partial charge is 0.276 e. The Morgan fingerprint density at radius 3 is 2.96 bits per heavy atom. The van der Waals surface area contributed by atoms with Gasteiger partial charge in [-0.2, -0.15) is 11.8 Å². The maximum Gasteiger partial charge on any atom is 0.276 e. The molecule has 0 spiro atoms. The van der Waals surface area contributed by atoms with Gasteiger partial charge in [-0.25, -0.2) is 0 Å². The number of hydrogen-bond acceptors (Lipinski definition) is 6. The minimum Gasteiger partial charge on any atom is -0.337 e. The lowest BCUT2D eigenvalue weighted by molar-refractivity contribution is 0.0679. The van der Waals surface area contributed by atoms with Crippen LogP contribution < -0.4 is 5.32 Å². The van der Waals surface area contributed by atoms with Gasteiger partial charge < -0.3 is 10.2 Å². The molecular formula is C16H28N6OS. The molecule has 24 heavy (non-hydrogen) atoms. The lowest BCUT2D eigenvalue weighted by Crippen LogP contribution is -2.44. The summed E-state index contributed by atoms with van der Waals surface area (Å²) in [5.41, 5.74) is 0.486. The Morgan fingerprint density at radius 1 is 1.33 bits per heavy atom.